The number of esters is 1. The van der Waals surface area contributed by atoms with E-state index in [-0.39, 0.29) is 17.3 Å². The number of para-hydroxylation sites is 1. The highest BCUT2D eigenvalue weighted by molar-refractivity contribution is 6.36. The van der Waals surface area contributed by atoms with E-state index in [1.807, 2.05) is 0 Å². The fourth-order valence-electron chi connectivity index (χ4n) is 2.02. The molecule has 8 heteroatoms. The molecule has 0 unspecified atom stereocenters. The van der Waals surface area contributed by atoms with Gasteiger partial charge in [-0.2, -0.15) is 0 Å². The van der Waals surface area contributed by atoms with Crippen molar-refractivity contribution >= 4 is 40.9 Å². The van der Waals surface area contributed by atoms with E-state index in [0.29, 0.717) is 16.3 Å². The van der Waals surface area contributed by atoms with Crippen molar-refractivity contribution in [2.45, 2.75) is 19.4 Å². The predicted molar refractivity (Wildman–Crippen MR) is 95.1 cm³/mol. The normalized spacial score (nSPS) is 11.5. The van der Waals surface area contributed by atoms with E-state index in [1.54, 1.807) is 24.3 Å². The summed E-state index contributed by atoms with van der Waals surface area (Å²) in [6.45, 7) is 1.46. The summed E-state index contributed by atoms with van der Waals surface area (Å²) in [6, 6.07) is 8.53. The van der Waals surface area contributed by atoms with E-state index in [1.165, 1.54) is 26.3 Å². The average molecular weight is 383 g/mol. The second-order valence-electron chi connectivity index (χ2n) is 5.09. The zero-order valence-electron chi connectivity index (χ0n) is 13.6. The molecule has 0 fully saturated rings. The van der Waals surface area contributed by atoms with Crippen LogP contribution in [0.2, 0.25) is 10.0 Å². The van der Waals surface area contributed by atoms with E-state index in [9.17, 15) is 9.59 Å². The second-order valence-corrected chi connectivity index (χ2v) is 5.94. The minimum Gasteiger partial charge on any atom is -0.496 e. The lowest BCUT2D eigenvalue weighted by atomic mass is 10.1. The molecular weight excluding hydrogens is 367 g/mol. The predicted octanol–water partition coefficient (Wildman–Crippen LogP) is 3.51. The van der Waals surface area contributed by atoms with Crippen LogP contribution in [0.25, 0.3) is 0 Å². The Morgan fingerprint density at radius 3 is 2.68 bits per heavy atom. The van der Waals surface area contributed by atoms with Gasteiger partial charge in [0.25, 0.3) is 5.91 Å². The van der Waals surface area contributed by atoms with Crippen LogP contribution in [0, 0.1) is 0 Å². The molecule has 6 nitrogen and oxygen atoms in total. The molecule has 2 aromatic rings. The number of benzene rings is 1. The Balaban J connectivity index is 1.95. The highest BCUT2D eigenvalue weighted by Gasteiger charge is 2.20. The molecule has 0 bridgehead atoms. The number of nitrogens with one attached hydrogen (secondary N) is 1. The van der Waals surface area contributed by atoms with Gasteiger partial charge in [-0.3, -0.25) is 9.59 Å². The number of ether oxygens (including phenoxy) is 2. The van der Waals surface area contributed by atoms with Gasteiger partial charge in [0.2, 0.25) is 0 Å². The molecule has 0 saturated heterocycles. The van der Waals surface area contributed by atoms with Crippen molar-refractivity contribution < 1.29 is 19.1 Å². The topological polar surface area (TPSA) is 77.5 Å². The van der Waals surface area contributed by atoms with Crippen LogP contribution in [0.5, 0.6) is 5.75 Å². The first-order chi connectivity index (χ1) is 11.9. The van der Waals surface area contributed by atoms with Crippen molar-refractivity contribution in [3.63, 3.8) is 0 Å². The molecule has 1 amide bonds. The Bertz CT molecular complexity index is 783. The minimum absolute atomic E-state index is 0.0123. The van der Waals surface area contributed by atoms with Crippen molar-refractivity contribution in [2.75, 3.05) is 12.4 Å². The van der Waals surface area contributed by atoms with Gasteiger partial charge in [0.15, 0.2) is 11.9 Å². The highest BCUT2D eigenvalue weighted by Crippen LogP contribution is 2.23. The van der Waals surface area contributed by atoms with Crippen LogP contribution in [0.3, 0.4) is 0 Å². The van der Waals surface area contributed by atoms with E-state index >= 15 is 0 Å². The molecule has 132 valence electrons. The van der Waals surface area contributed by atoms with E-state index in [0.717, 1.165) is 0 Å². The standard InChI is InChI=1S/C17H16Cl2N2O4/c1-10(17(23)21-16-13(19)8-12(18)9-20-16)25-15(22)7-11-5-3-4-6-14(11)24-2/h3-6,8-10H,7H2,1-2H3,(H,20,21,23)/t10-/m0/s1. The molecule has 25 heavy (non-hydrogen) atoms. The Morgan fingerprint density at radius 1 is 1.28 bits per heavy atom. The number of methoxy groups -OCH3 is 1. The van der Waals surface area contributed by atoms with Crippen molar-refractivity contribution in [1.29, 1.82) is 0 Å². The zero-order chi connectivity index (χ0) is 18.4. The average Bonchev–Trinajstić information content (AvgIpc) is 2.57. The SMILES string of the molecule is COc1ccccc1CC(=O)O[C@@H](C)C(=O)Nc1ncc(Cl)cc1Cl. The number of aromatic nitrogens is 1. The zero-order valence-corrected chi connectivity index (χ0v) is 15.1. The summed E-state index contributed by atoms with van der Waals surface area (Å²) in [4.78, 5) is 28.1. The monoisotopic (exact) mass is 382 g/mol. The second kappa shape index (κ2) is 8.69. The third-order valence-corrected chi connectivity index (χ3v) is 3.75. The van der Waals surface area contributed by atoms with Crippen molar-refractivity contribution in [2.24, 2.45) is 0 Å². The number of rotatable bonds is 6. The molecule has 1 N–H and O–H groups in total. The summed E-state index contributed by atoms with van der Waals surface area (Å²) < 4.78 is 10.3. The third-order valence-electron chi connectivity index (χ3n) is 3.25. The van der Waals surface area contributed by atoms with Gasteiger partial charge in [-0.05, 0) is 19.1 Å². The number of hydrogen-bond acceptors (Lipinski definition) is 5. The van der Waals surface area contributed by atoms with E-state index < -0.39 is 18.0 Å². The Labute approximate surface area is 155 Å². The molecule has 0 aliphatic rings. The molecule has 0 aliphatic carbocycles. The maximum atomic E-state index is 12.1. The number of amides is 1. The van der Waals surface area contributed by atoms with Crippen LogP contribution in [0.15, 0.2) is 36.5 Å². The van der Waals surface area contributed by atoms with Crippen molar-refractivity contribution in [1.82, 2.24) is 4.98 Å². The summed E-state index contributed by atoms with van der Waals surface area (Å²) in [5, 5.41) is 3.02. The molecule has 0 saturated carbocycles. The molecule has 1 heterocycles. The molecule has 0 spiro atoms. The number of anilines is 1. The van der Waals surface area contributed by atoms with Crippen LogP contribution >= 0.6 is 23.2 Å². The first-order valence-corrected chi connectivity index (χ1v) is 8.09. The number of nitrogens with zero attached hydrogens (tertiary/aromatic N) is 1. The van der Waals surface area contributed by atoms with Gasteiger partial charge in [0.05, 0.1) is 23.6 Å². The lowest BCUT2D eigenvalue weighted by molar-refractivity contribution is -0.152. The van der Waals surface area contributed by atoms with Crippen LogP contribution in [-0.2, 0) is 20.7 Å². The molecule has 0 radical (unpaired) electrons. The van der Waals surface area contributed by atoms with Gasteiger partial charge in [0, 0.05) is 11.8 Å². The van der Waals surface area contributed by atoms with E-state index in [2.05, 4.69) is 10.3 Å². The molecule has 1 aromatic carbocycles. The van der Waals surface area contributed by atoms with Gasteiger partial charge in [-0.25, -0.2) is 4.98 Å². The quantitative estimate of drug-likeness (QED) is 0.773. The smallest absolute Gasteiger partial charge is 0.311 e. The van der Waals surface area contributed by atoms with Gasteiger partial charge < -0.3 is 14.8 Å². The molecule has 2 rings (SSSR count). The maximum absolute atomic E-state index is 12.1. The van der Waals surface area contributed by atoms with Crippen LogP contribution < -0.4 is 10.1 Å². The molecule has 1 aromatic heterocycles. The van der Waals surface area contributed by atoms with Crippen LogP contribution in [-0.4, -0.2) is 30.1 Å². The highest BCUT2D eigenvalue weighted by atomic mass is 35.5. The maximum Gasteiger partial charge on any atom is 0.311 e. The minimum atomic E-state index is -1.02. The number of carbonyl (C=O) groups excluding carboxylic acids is 2. The number of pyridine rings is 1. The van der Waals surface area contributed by atoms with Crippen LogP contribution in [0.1, 0.15) is 12.5 Å². The summed E-state index contributed by atoms with van der Waals surface area (Å²) in [6.07, 6.45) is 0.318. The Kier molecular flexibility index (Phi) is 6.61. The largest absolute Gasteiger partial charge is 0.496 e. The van der Waals surface area contributed by atoms with E-state index in [4.69, 9.17) is 32.7 Å². The lowest BCUT2D eigenvalue weighted by Gasteiger charge is -2.14. The summed E-state index contributed by atoms with van der Waals surface area (Å²) in [7, 11) is 1.52. The molecule has 0 aliphatic heterocycles. The first kappa shape index (κ1) is 19.0. The van der Waals surface area contributed by atoms with Crippen molar-refractivity contribution in [3.8, 4) is 5.75 Å². The number of carbonyl (C=O) groups is 2. The number of halogens is 2. The van der Waals surface area contributed by atoms with Gasteiger partial charge in [-0.1, -0.05) is 41.4 Å². The van der Waals surface area contributed by atoms with Gasteiger partial charge in [-0.15, -0.1) is 0 Å². The lowest BCUT2D eigenvalue weighted by Crippen LogP contribution is -2.30. The fraction of sp³-hybridized carbons (Fsp3) is 0.235. The Hall–Kier alpha value is -2.31. The van der Waals surface area contributed by atoms with Crippen LogP contribution in [0.4, 0.5) is 5.82 Å². The summed E-state index contributed by atoms with van der Waals surface area (Å²) in [5.41, 5.74) is 0.671. The van der Waals surface area contributed by atoms with Crippen molar-refractivity contribution in [3.05, 3.63) is 52.1 Å². The third kappa shape index (κ3) is 5.34. The summed E-state index contributed by atoms with van der Waals surface area (Å²) in [5.74, 6) is -0.384. The fourth-order valence-corrected chi connectivity index (χ4v) is 2.45. The first-order valence-electron chi connectivity index (χ1n) is 7.34. The molecule has 1 atom stereocenters. The Morgan fingerprint density at radius 2 is 2.00 bits per heavy atom. The van der Waals surface area contributed by atoms with Gasteiger partial charge in [0.1, 0.15) is 5.75 Å². The summed E-state index contributed by atoms with van der Waals surface area (Å²) >= 11 is 11.7. The molecular formula is C17H16Cl2N2O4. The number of hydrogen-bond donors (Lipinski definition) is 1. The van der Waals surface area contributed by atoms with Gasteiger partial charge >= 0.3 is 5.97 Å².